The molecule has 112 valence electrons. The van der Waals surface area contributed by atoms with Gasteiger partial charge in [-0.15, -0.1) is 0 Å². The lowest BCUT2D eigenvalue weighted by Gasteiger charge is -2.19. The minimum absolute atomic E-state index is 0.536. The lowest BCUT2D eigenvalue weighted by atomic mass is 9.88. The third-order valence-corrected chi connectivity index (χ3v) is 5.48. The van der Waals surface area contributed by atoms with Crippen LogP contribution in [0.25, 0.3) is 0 Å². The van der Waals surface area contributed by atoms with Gasteiger partial charge in [0, 0.05) is 4.47 Å². The Morgan fingerprint density at radius 3 is 2.60 bits per heavy atom. The largest absolute Gasteiger partial charge is 0.492 e. The maximum Gasteiger partial charge on any atom is 0.309 e. The maximum absolute atomic E-state index is 11.0. The Bertz CT molecular complexity index is 512. The van der Waals surface area contributed by atoms with E-state index in [1.165, 1.54) is 0 Å². The van der Waals surface area contributed by atoms with Crippen LogP contribution >= 0.6 is 38.5 Å². The van der Waals surface area contributed by atoms with Crippen LogP contribution in [0, 0.1) is 22.8 Å². The number of hydrogen-bond donors (Lipinski definition) is 1. The van der Waals surface area contributed by atoms with Gasteiger partial charge in [-0.1, -0.05) is 15.9 Å². The zero-order valence-electron chi connectivity index (χ0n) is 12.2. The van der Waals surface area contributed by atoms with E-state index in [2.05, 4.69) is 38.5 Å². The van der Waals surface area contributed by atoms with Gasteiger partial charge in [-0.3, -0.25) is 4.79 Å². The predicted molar refractivity (Wildman–Crippen MR) is 92.5 cm³/mol. The number of carbonyl (C=O) groups is 1. The molecule has 0 aliphatic carbocycles. The maximum atomic E-state index is 11.0. The second-order valence-corrected chi connectivity index (χ2v) is 7.52. The second-order valence-electron chi connectivity index (χ2n) is 5.58. The van der Waals surface area contributed by atoms with Crippen molar-refractivity contribution in [3.63, 3.8) is 0 Å². The van der Waals surface area contributed by atoms with Crippen molar-refractivity contribution >= 4 is 44.5 Å². The fourth-order valence-corrected chi connectivity index (χ4v) is 3.57. The van der Waals surface area contributed by atoms with Crippen molar-refractivity contribution in [1.82, 2.24) is 0 Å². The molecule has 0 radical (unpaired) electrons. The number of ether oxygens (including phenoxy) is 1. The van der Waals surface area contributed by atoms with Crippen molar-refractivity contribution in [1.29, 1.82) is 0 Å². The van der Waals surface area contributed by atoms with Gasteiger partial charge in [-0.05, 0) is 80.3 Å². The summed E-state index contributed by atoms with van der Waals surface area (Å²) < 4.78 is 8.04. The molecule has 1 N–H and O–H groups in total. The monoisotopic (exact) mass is 454 g/mol. The van der Waals surface area contributed by atoms with E-state index in [0.717, 1.165) is 31.3 Å². The number of carboxylic acid groups (broad SMARTS) is 1. The van der Waals surface area contributed by atoms with Crippen molar-refractivity contribution in [2.24, 2.45) is 5.41 Å². The van der Waals surface area contributed by atoms with Crippen molar-refractivity contribution < 1.29 is 14.6 Å². The molecule has 0 aromatic heterocycles. The molecule has 0 unspecified atom stereocenters. The average molecular weight is 455 g/mol. The number of benzene rings is 1. The molecule has 0 amide bonds. The smallest absolute Gasteiger partial charge is 0.309 e. The molecule has 0 saturated heterocycles. The van der Waals surface area contributed by atoms with Crippen molar-refractivity contribution in [3.05, 3.63) is 25.2 Å². The van der Waals surface area contributed by atoms with E-state index in [1.807, 2.05) is 19.9 Å². The minimum Gasteiger partial charge on any atom is -0.492 e. The lowest BCUT2D eigenvalue weighted by Crippen LogP contribution is -2.24. The summed E-state index contributed by atoms with van der Waals surface area (Å²) in [5.74, 6) is 0.141. The van der Waals surface area contributed by atoms with Crippen LogP contribution in [0.1, 0.15) is 37.8 Å². The van der Waals surface area contributed by atoms with Crippen molar-refractivity contribution in [2.45, 2.75) is 40.5 Å². The first-order valence-electron chi connectivity index (χ1n) is 6.48. The second kappa shape index (κ2) is 7.11. The SMILES string of the molecule is Cc1cc(Br)c(C)c(I)c1OCCCC(C)(C)C(=O)O. The minimum atomic E-state index is -0.761. The molecule has 0 saturated carbocycles. The van der Waals surface area contributed by atoms with E-state index in [4.69, 9.17) is 9.84 Å². The fraction of sp³-hybridized carbons (Fsp3) is 0.533. The summed E-state index contributed by atoms with van der Waals surface area (Å²) in [5.41, 5.74) is 1.56. The van der Waals surface area contributed by atoms with E-state index in [1.54, 1.807) is 13.8 Å². The van der Waals surface area contributed by atoms with E-state index in [-0.39, 0.29) is 0 Å². The summed E-state index contributed by atoms with van der Waals surface area (Å²) in [6, 6.07) is 2.05. The van der Waals surface area contributed by atoms with Crippen LogP contribution in [0.5, 0.6) is 5.75 Å². The normalized spacial score (nSPS) is 11.5. The van der Waals surface area contributed by atoms with Gasteiger partial charge in [0.05, 0.1) is 15.6 Å². The van der Waals surface area contributed by atoms with Crippen LogP contribution in [0.15, 0.2) is 10.5 Å². The Kier molecular flexibility index (Phi) is 6.31. The van der Waals surface area contributed by atoms with Crippen molar-refractivity contribution in [2.75, 3.05) is 6.61 Å². The molecule has 1 rings (SSSR count). The molecule has 0 bridgehead atoms. The Hall–Kier alpha value is -0.300. The van der Waals surface area contributed by atoms with Gasteiger partial charge >= 0.3 is 5.97 Å². The van der Waals surface area contributed by atoms with Gasteiger partial charge < -0.3 is 9.84 Å². The zero-order valence-corrected chi connectivity index (χ0v) is 16.0. The molecule has 20 heavy (non-hydrogen) atoms. The Balaban J connectivity index is 2.64. The molecule has 0 aliphatic heterocycles. The number of hydrogen-bond acceptors (Lipinski definition) is 2. The summed E-state index contributed by atoms with van der Waals surface area (Å²) in [5, 5.41) is 9.07. The van der Waals surface area contributed by atoms with E-state index in [0.29, 0.717) is 13.0 Å². The van der Waals surface area contributed by atoms with Gasteiger partial charge in [0.15, 0.2) is 0 Å². The number of halogens is 2. The standard InChI is InChI=1S/C15H20BrIO3/c1-9-8-11(16)10(2)12(17)13(9)20-7-5-6-15(3,4)14(18)19/h8H,5-7H2,1-4H3,(H,18,19). The molecule has 0 heterocycles. The highest BCUT2D eigenvalue weighted by Gasteiger charge is 2.26. The third kappa shape index (κ3) is 4.35. The molecule has 0 atom stereocenters. The number of aryl methyl sites for hydroxylation is 1. The molecule has 0 spiro atoms. The van der Waals surface area contributed by atoms with Crippen LogP contribution in [0.3, 0.4) is 0 Å². The van der Waals surface area contributed by atoms with Crippen molar-refractivity contribution in [3.8, 4) is 5.75 Å². The predicted octanol–water partition coefficient (Wildman–Crippen LogP) is 4.94. The van der Waals surface area contributed by atoms with E-state index in [9.17, 15) is 4.79 Å². The van der Waals surface area contributed by atoms with Crippen LogP contribution < -0.4 is 4.74 Å². The highest BCUT2D eigenvalue weighted by atomic mass is 127. The summed E-state index contributed by atoms with van der Waals surface area (Å²) in [6.07, 6.45) is 1.33. The van der Waals surface area contributed by atoms with Gasteiger partial charge in [0.25, 0.3) is 0 Å². The molecular formula is C15H20BrIO3. The summed E-state index contributed by atoms with van der Waals surface area (Å²) in [4.78, 5) is 11.0. The van der Waals surface area contributed by atoms with Crippen LogP contribution in [-0.2, 0) is 4.79 Å². The quantitative estimate of drug-likeness (QED) is 0.489. The molecular weight excluding hydrogens is 435 g/mol. The molecule has 0 aliphatic rings. The molecule has 3 nitrogen and oxygen atoms in total. The summed E-state index contributed by atoms with van der Waals surface area (Å²) in [7, 11) is 0. The van der Waals surface area contributed by atoms with Crippen LogP contribution in [0.2, 0.25) is 0 Å². The third-order valence-electron chi connectivity index (χ3n) is 3.36. The first kappa shape index (κ1) is 17.8. The zero-order chi connectivity index (χ0) is 15.5. The van der Waals surface area contributed by atoms with Crippen LogP contribution in [0.4, 0.5) is 0 Å². The fourth-order valence-electron chi connectivity index (χ4n) is 1.78. The number of rotatable bonds is 6. The molecule has 1 aromatic carbocycles. The number of aliphatic carboxylic acids is 1. The Morgan fingerprint density at radius 2 is 2.05 bits per heavy atom. The highest BCUT2D eigenvalue weighted by Crippen LogP contribution is 2.33. The first-order valence-corrected chi connectivity index (χ1v) is 8.35. The summed E-state index contributed by atoms with van der Waals surface area (Å²) >= 11 is 5.81. The van der Waals surface area contributed by atoms with Crippen LogP contribution in [-0.4, -0.2) is 17.7 Å². The Morgan fingerprint density at radius 1 is 1.45 bits per heavy atom. The van der Waals surface area contributed by atoms with Gasteiger partial charge in [-0.25, -0.2) is 0 Å². The molecule has 5 heteroatoms. The molecule has 0 fully saturated rings. The van der Waals surface area contributed by atoms with E-state index < -0.39 is 11.4 Å². The molecule has 1 aromatic rings. The number of carboxylic acids is 1. The topological polar surface area (TPSA) is 46.5 Å². The van der Waals surface area contributed by atoms with Gasteiger partial charge in [-0.2, -0.15) is 0 Å². The Labute approximate surface area is 142 Å². The van der Waals surface area contributed by atoms with Gasteiger partial charge in [0.1, 0.15) is 5.75 Å². The summed E-state index contributed by atoms with van der Waals surface area (Å²) in [6.45, 7) is 8.09. The average Bonchev–Trinajstić information content (AvgIpc) is 2.35. The van der Waals surface area contributed by atoms with E-state index >= 15 is 0 Å². The van der Waals surface area contributed by atoms with Gasteiger partial charge in [0.2, 0.25) is 0 Å². The lowest BCUT2D eigenvalue weighted by molar-refractivity contribution is -0.147. The highest BCUT2D eigenvalue weighted by molar-refractivity contribution is 14.1. The first-order chi connectivity index (χ1) is 9.16.